The third kappa shape index (κ3) is 3.37. The molecule has 18 heavy (non-hydrogen) atoms. The van der Waals surface area contributed by atoms with Gasteiger partial charge in [-0.1, -0.05) is 29.8 Å². The highest BCUT2D eigenvalue weighted by molar-refractivity contribution is 5.21. The standard InChI is InChI=1S/C15H19N3/c1-12-3-5-13(6-4-12)7-8-14(16-2)15-11-17-9-10-18-15/h3-6,9-11,14,16H,7-8H2,1-2H3. The molecule has 0 saturated carbocycles. The number of benzene rings is 1. The molecular weight excluding hydrogens is 222 g/mol. The molecule has 94 valence electrons. The molecule has 1 heterocycles. The summed E-state index contributed by atoms with van der Waals surface area (Å²) in [5, 5.41) is 3.30. The average molecular weight is 241 g/mol. The summed E-state index contributed by atoms with van der Waals surface area (Å²) in [4.78, 5) is 8.47. The van der Waals surface area contributed by atoms with Crippen LogP contribution in [0.15, 0.2) is 42.9 Å². The van der Waals surface area contributed by atoms with Crippen molar-refractivity contribution in [3.05, 3.63) is 59.7 Å². The molecule has 1 unspecified atom stereocenters. The highest BCUT2D eigenvalue weighted by atomic mass is 14.9. The minimum absolute atomic E-state index is 0.264. The van der Waals surface area contributed by atoms with Gasteiger partial charge in [-0.3, -0.25) is 9.97 Å². The zero-order valence-electron chi connectivity index (χ0n) is 10.9. The molecule has 0 aliphatic rings. The normalized spacial score (nSPS) is 12.3. The predicted molar refractivity (Wildman–Crippen MR) is 73.3 cm³/mol. The summed E-state index contributed by atoms with van der Waals surface area (Å²) in [5.41, 5.74) is 3.68. The van der Waals surface area contributed by atoms with Gasteiger partial charge in [0.1, 0.15) is 0 Å². The SMILES string of the molecule is CNC(CCc1ccc(C)cc1)c1cnccn1. The van der Waals surface area contributed by atoms with E-state index in [1.807, 2.05) is 13.2 Å². The van der Waals surface area contributed by atoms with Gasteiger partial charge in [0.2, 0.25) is 0 Å². The molecule has 2 rings (SSSR count). The van der Waals surface area contributed by atoms with Crippen molar-refractivity contribution >= 4 is 0 Å². The molecule has 3 nitrogen and oxygen atoms in total. The lowest BCUT2D eigenvalue weighted by Crippen LogP contribution is -2.18. The van der Waals surface area contributed by atoms with Crippen LogP contribution >= 0.6 is 0 Å². The van der Waals surface area contributed by atoms with E-state index in [0.29, 0.717) is 0 Å². The number of hydrogen-bond donors (Lipinski definition) is 1. The maximum atomic E-state index is 4.35. The Balaban J connectivity index is 1.97. The van der Waals surface area contributed by atoms with Crippen molar-refractivity contribution in [3.63, 3.8) is 0 Å². The van der Waals surface area contributed by atoms with Crippen molar-refractivity contribution in [1.29, 1.82) is 0 Å². The van der Waals surface area contributed by atoms with Crippen LogP contribution in [-0.4, -0.2) is 17.0 Å². The van der Waals surface area contributed by atoms with Crippen molar-refractivity contribution in [1.82, 2.24) is 15.3 Å². The topological polar surface area (TPSA) is 37.8 Å². The summed E-state index contributed by atoms with van der Waals surface area (Å²) in [7, 11) is 1.97. The van der Waals surface area contributed by atoms with Crippen LogP contribution in [-0.2, 0) is 6.42 Å². The second-order valence-corrected chi connectivity index (χ2v) is 4.50. The van der Waals surface area contributed by atoms with E-state index in [1.165, 1.54) is 11.1 Å². The predicted octanol–water partition coefficient (Wildman–Crippen LogP) is 2.68. The van der Waals surface area contributed by atoms with E-state index >= 15 is 0 Å². The van der Waals surface area contributed by atoms with E-state index in [2.05, 4.69) is 46.5 Å². The number of aromatic nitrogens is 2. The fourth-order valence-electron chi connectivity index (χ4n) is 2.00. The summed E-state index contributed by atoms with van der Waals surface area (Å²) in [6.07, 6.45) is 7.35. The maximum Gasteiger partial charge on any atom is 0.0756 e. The molecule has 1 aromatic heterocycles. The van der Waals surface area contributed by atoms with Crippen LogP contribution in [0, 0.1) is 6.92 Å². The van der Waals surface area contributed by atoms with Gasteiger partial charge in [0.15, 0.2) is 0 Å². The number of aryl methyl sites for hydroxylation is 2. The molecular formula is C15H19N3. The van der Waals surface area contributed by atoms with Crippen LogP contribution in [0.25, 0.3) is 0 Å². The van der Waals surface area contributed by atoms with Crippen LogP contribution in [0.5, 0.6) is 0 Å². The van der Waals surface area contributed by atoms with Crippen LogP contribution in [0.2, 0.25) is 0 Å². The minimum Gasteiger partial charge on any atom is -0.312 e. The molecule has 0 aliphatic heterocycles. The van der Waals surface area contributed by atoms with Crippen molar-refractivity contribution in [2.24, 2.45) is 0 Å². The van der Waals surface area contributed by atoms with Gasteiger partial charge in [0, 0.05) is 18.6 Å². The molecule has 0 spiro atoms. The van der Waals surface area contributed by atoms with Crippen LogP contribution in [0.4, 0.5) is 0 Å². The van der Waals surface area contributed by atoms with Gasteiger partial charge in [0.25, 0.3) is 0 Å². The van der Waals surface area contributed by atoms with Gasteiger partial charge in [-0.15, -0.1) is 0 Å². The molecule has 0 saturated heterocycles. The van der Waals surface area contributed by atoms with Gasteiger partial charge in [-0.2, -0.15) is 0 Å². The lowest BCUT2D eigenvalue weighted by molar-refractivity contribution is 0.533. The molecule has 1 aromatic carbocycles. The Labute approximate surface area is 108 Å². The highest BCUT2D eigenvalue weighted by Gasteiger charge is 2.10. The number of nitrogens with zero attached hydrogens (tertiary/aromatic N) is 2. The molecule has 0 amide bonds. The Morgan fingerprint density at radius 1 is 1.17 bits per heavy atom. The molecule has 0 radical (unpaired) electrons. The minimum atomic E-state index is 0.264. The third-order valence-electron chi connectivity index (χ3n) is 3.13. The summed E-state index contributed by atoms with van der Waals surface area (Å²) in [6, 6.07) is 8.97. The molecule has 1 N–H and O–H groups in total. The second kappa shape index (κ2) is 6.26. The largest absolute Gasteiger partial charge is 0.312 e. The monoisotopic (exact) mass is 241 g/mol. The highest BCUT2D eigenvalue weighted by Crippen LogP contribution is 2.16. The summed E-state index contributed by atoms with van der Waals surface area (Å²) in [5.74, 6) is 0. The Kier molecular flexibility index (Phi) is 4.42. The second-order valence-electron chi connectivity index (χ2n) is 4.50. The van der Waals surface area contributed by atoms with Crippen molar-refractivity contribution in [3.8, 4) is 0 Å². The zero-order chi connectivity index (χ0) is 12.8. The summed E-state index contributed by atoms with van der Waals surface area (Å²) in [6.45, 7) is 2.11. The zero-order valence-corrected chi connectivity index (χ0v) is 10.9. The first kappa shape index (κ1) is 12.7. The summed E-state index contributed by atoms with van der Waals surface area (Å²) >= 11 is 0. The first-order valence-electron chi connectivity index (χ1n) is 6.28. The lowest BCUT2D eigenvalue weighted by Gasteiger charge is -2.15. The Bertz CT molecular complexity index is 465. The van der Waals surface area contributed by atoms with Gasteiger partial charge >= 0.3 is 0 Å². The first-order valence-corrected chi connectivity index (χ1v) is 6.28. The van der Waals surface area contributed by atoms with E-state index in [4.69, 9.17) is 0 Å². The van der Waals surface area contributed by atoms with Crippen LogP contribution in [0.1, 0.15) is 29.3 Å². The number of nitrogens with one attached hydrogen (secondary N) is 1. The third-order valence-corrected chi connectivity index (χ3v) is 3.13. The Morgan fingerprint density at radius 2 is 1.94 bits per heavy atom. The first-order chi connectivity index (χ1) is 8.79. The Hall–Kier alpha value is -1.74. The van der Waals surface area contributed by atoms with Gasteiger partial charge in [0.05, 0.1) is 11.7 Å². The van der Waals surface area contributed by atoms with Gasteiger partial charge in [-0.25, -0.2) is 0 Å². The molecule has 1 atom stereocenters. The molecule has 0 aliphatic carbocycles. The fourth-order valence-corrected chi connectivity index (χ4v) is 2.00. The fraction of sp³-hybridized carbons (Fsp3) is 0.333. The smallest absolute Gasteiger partial charge is 0.0756 e. The quantitative estimate of drug-likeness (QED) is 0.874. The van der Waals surface area contributed by atoms with Gasteiger partial charge in [-0.05, 0) is 32.4 Å². The molecule has 0 bridgehead atoms. The molecule has 0 fully saturated rings. The summed E-state index contributed by atoms with van der Waals surface area (Å²) < 4.78 is 0. The van der Waals surface area contributed by atoms with Crippen molar-refractivity contribution < 1.29 is 0 Å². The number of rotatable bonds is 5. The number of hydrogen-bond acceptors (Lipinski definition) is 3. The van der Waals surface area contributed by atoms with Crippen molar-refractivity contribution in [2.75, 3.05) is 7.05 Å². The van der Waals surface area contributed by atoms with Crippen LogP contribution < -0.4 is 5.32 Å². The van der Waals surface area contributed by atoms with E-state index in [-0.39, 0.29) is 6.04 Å². The Morgan fingerprint density at radius 3 is 2.56 bits per heavy atom. The average Bonchev–Trinajstić information content (AvgIpc) is 2.43. The maximum absolute atomic E-state index is 4.35. The lowest BCUT2D eigenvalue weighted by atomic mass is 10.0. The van der Waals surface area contributed by atoms with Gasteiger partial charge < -0.3 is 5.32 Å². The van der Waals surface area contributed by atoms with E-state index in [9.17, 15) is 0 Å². The van der Waals surface area contributed by atoms with E-state index in [1.54, 1.807) is 12.4 Å². The molecule has 2 aromatic rings. The molecule has 3 heteroatoms. The van der Waals surface area contributed by atoms with Crippen LogP contribution in [0.3, 0.4) is 0 Å². The van der Waals surface area contributed by atoms with Crippen molar-refractivity contribution in [2.45, 2.75) is 25.8 Å². The van der Waals surface area contributed by atoms with E-state index < -0.39 is 0 Å². The van der Waals surface area contributed by atoms with E-state index in [0.717, 1.165) is 18.5 Å².